The Balaban J connectivity index is 1.47. The predicted molar refractivity (Wildman–Crippen MR) is 123 cm³/mol. The van der Waals surface area contributed by atoms with Gasteiger partial charge in [0.05, 0.1) is 10.0 Å². The lowest BCUT2D eigenvalue weighted by atomic mass is 10.1. The van der Waals surface area contributed by atoms with Gasteiger partial charge in [-0.3, -0.25) is 9.78 Å². The minimum Gasteiger partial charge on any atom is -0.482 e. The summed E-state index contributed by atoms with van der Waals surface area (Å²) in [6.07, 6.45) is 3.37. The number of hydrogen-bond donors (Lipinski definition) is 1. The van der Waals surface area contributed by atoms with Crippen LogP contribution in [0.1, 0.15) is 11.1 Å². The van der Waals surface area contributed by atoms with Crippen molar-refractivity contribution in [2.24, 2.45) is 0 Å². The molecule has 2 aromatic carbocycles. The van der Waals surface area contributed by atoms with Crippen LogP contribution in [0.2, 0.25) is 0 Å². The van der Waals surface area contributed by atoms with Gasteiger partial charge in [-0.25, -0.2) is 4.98 Å². The number of hydrogen-bond acceptors (Lipinski definition) is 5. The van der Waals surface area contributed by atoms with Crippen LogP contribution in [0.4, 0.5) is 5.69 Å². The fourth-order valence-corrected chi connectivity index (χ4v) is 4.23. The van der Waals surface area contributed by atoms with Crippen LogP contribution in [0.5, 0.6) is 5.75 Å². The average Bonchev–Trinajstić information content (AvgIpc) is 3.10. The highest BCUT2D eigenvalue weighted by Crippen LogP contribution is 2.30. The molecule has 2 aromatic heterocycles. The molecular formula is C22H17Br2N3O3. The Morgan fingerprint density at radius 1 is 1.13 bits per heavy atom. The normalized spacial score (nSPS) is 10.9. The number of ether oxygens (including phenoxy) is 1. The first-order valence-corrected chi connectivity index (χ1v) is 10.7. The fraction of sp³-hybridized carbons (Fsp3) is 0.136. The number of fused-ring (bicyclic) bond motifs is 1. The number of rotatable bonds is 5. The number of pyridine rings is 1. The second-order valence-electron chi connectivity index (χ2n) is 6.82. The fourth-order valence-electron chi connectivity index (χ4n) is 3.08. The smallest absolute Gasteiger partial charge is 0.262 e. The van der Waals surface area contributed by atoms with Crippen molar-refractivity contribution in [2.75, 3.05) is 11.9 Å². The monoisotopic (exact) mass is 529 g/mol. The maximum absolute atomic E-state index is 12.4. The van der Waals surface area contributed by atoms with E-state index in [-0.39, 0.29) is 12.5 Å². The number of nitrogens with one attached hydrogen (secondary N) is 1. The third-order valence-corrected chi connectivity index (χ3v) is 5.37. The molecule has 4 rings (SSSR count). The first-order valence-electron chi connectivity index (χ1n) is 9.10. The SMILES string of the molecule is Cc1cc(C)c(OCC(=O)Nc2ccc3oc(-c4cncc(Br)c4)nc3c2)c(Br)c1. The number of carbonyl (C=O) groups is 1. The Kier molecular flexibility index (Phi) is 5.87. The van der Waals surface area contributed by atoms with Gasteiger partial charge < -0.3 is 14.5 Å². The molecule has 4 aromatic rings. The molecule has 6 nitrogen and oxygen atoms in total. The van der Waals surface area contributed by atoms with Crippen molar-refractivity contribution in [3.8, 4) is 17.2 Å². The molecule has 0 bridgehead atoms. The summed E-state index contributed by atoms with van der Waals surface area (Å²) < 4.78 is 13.2. The summed E-state index contributed by atoms with van der Waals surface area (Å²) in [5, 5.41) is 2.83. The summed E-state index contributed by atoms with van der Waals surface area (Å²) in [4.78, 5) is 21.0. The van der Waals surface area contributed by atoms with Gasteiger partial charge in [0.2, 0.25) is 5.89 Å². The van der Waals surface area contributed by atoms with E-state index in [9.17, 15) is 4.79 Å². The van der Waals surface area contributed by atoms with Gasteiger partial charge in [-0.1, -0.05) is 6.07 Å². The third-order valence-electron chi connectivity index (χ3n) is 4.34. The number of aryl methyl sites for hydroxylation is 2. The molecule has 0 aliphatic rings. The quantitative estimate of drug-likeness (QED) is 0.340. The number of oxazole rings is 1. The van der Waals surface area contributed by atoms with Crippen LogP contribution in [0.15, 0.2) is 62.2 Å². The number of nitrogens with zero attached hydrogens (tertiary/aromatic N) is 2. The van der Waals surface area contributed by atoms with Gasteiger partial charge in [0.1, 0.15) is 11.3 Å². The van der Waals surface area contributed by atoms with E-state index in [0.717, 1.165) is 25.6 Å². The van der Waals surface area contributed by atoms with Crippen molar-refractivity contribution in [3.63, 3.8) is 0 Å². The largest absolute Gasteiger partial charge is 0.482 e. The maximum Gasteiger partial charge on any atom is 0.262 e. The lowest BCUT2D eigenvalue weighted by Crippen LogP contribution is -2.20. The van der Waals surface area contributed by atoms with Gasteiger partial charge in [0.15, 0.2) is 12.2 Å². The first kappa shape index (κ1) is 20.6. The van der Waals surface area contributed by atoms with Crippen LogP contribution < -0.4 is 10.1 Å². The Morgan fingerprint density at radius 2 is 1.97 bits per heavy atom. The number of benzene rings is 2. The highest BCUT2D eigenvalue weighted by molar-refractivity contribution is 9.10. The van der Waals surface area contributed by atoms with Crippen LogP contribution in [-0.4, -0.2) is 22.5 Å². The zero-order valence-electron chi connectivity index (χ0n) is 16.2. The molecule has 0 spiro atoms. The van der Waals surface area contributed by atoms with E-state index in [1.807, 2.05) is 32.0 Å². The lowest BCUT2D eigenvalue weighted by Gasteiger charge is -2.12. The highest BCUT2D eigenvalue weighted by atomic mass is 79.9. The van der Waals surface area contributed by atoms with Gasteiger partial charge in [0.25, 0.3) is 5.91 Å². The Hall–Kier alpha value is -2.71. The van der Waals surface area contributed by atoms with E-state index in [0.29, 0.717) is 28.4 Å². The zero-order chi connectivity index (χ0) is 21.3. The minimum atomic E-state index is -0.263. The van der Waals surface area contributed by atoms with E-state index in [4.69, 9.17) is 9.15 Å². The molecule has 1 N–H and O–H groups in total. The third kappa shape index (κ3) is 4.55. The second kappa shape index (κ2) is 8.57. The molecule has 0 unspecified atom stereocenters. The summed E-state index contributed by atoms with van der Waals surface area (Å²) in [5.41, 5.74) is 4.73. The van der Waals surface area contributed by atoms with Crippen molar-refractivity contribution in [1.82, 2.24) is 9.97 Å². The number of amides is 1. The standard InChI is InChI=1S/C22H17Br2N3O3/c1-12-5-13(2)21(17(24)6-12)29-11-20(28)26-16-3-4-19-18(8-16)27-22(30-19)14-7-15(23)10-25-9-14/h3-10H,11H2,1-2H3,(H,26,28). The molecule has 0 atom stereocenters. The summed E-state index contributed by atoms with van der Waals surface area (Å²) in [7, 11) is 0. The minimum absolute atomic E-state index is 0.103. The van der Waals surface area contributed by atoms with Crippen molar-refractivity contribution < 1.29 is 13.9 Å². The Labute approximate surface area is 189 Å². The molecule has 0 aliphatic heterocycles. The maximum atomic E-state index is 12.4. The molecule has 1 amide bonds. The number of aromatic nitrogens is 2. The van der Waals surface area contributed by atoms with Crippen LogP contribution in [0, 0.1) is 13.8 Å². The van der Waals surface area contributed by atoms with Gasteiger partial charge in [-0.2, -0.15) is 0 Å². The molecule has 0 fully saturated rings. The molecule has 2 heterocycles. The van der Waals surface area contributed by atoms with Crippen molar-refractivity contribution in [2.45, 2.75) is 13.8 Å². The molecule has 0 radical (unpaired) electrons. The summed E-state index contributed by atoms with van der Waals surface area (Å²) >= 11 is 6.88. The van der Waals surface area contributed by atoms with E-state index in [1.165, 1.54) is 0 Å². The van der Waals surface area contributed by atoms with Crippen molar-refractivity contribution >= 4 is 54.6 Å². The second-order valence-corrected chi connectivity index (χ2v) is 8.59. The van der Waals surface area contributed by atoms with Gasteiger partial charge >= 0.3 is 0 Å². The number of anilines is 1. The van der Waals surface area contributed by atoms with Gasteiger partial charge in [-0.15, -0.1) is 0 Å². The van der Waals surface area contributed by atoms with Crippen molar-refractivity contribution in [1.29, 1.82) is 0 Å². The molecule has 30 heavy (non-hydrogen) atoms. The zero-order valence-corrected chi connectivity index (χ0v) is 19.4. The van der Waals surface area contributed by atoms with Crippen LogP contribution in [0.25, 0.3) is 22.6 Å². The van der Waals surface area contributed by atoms with Crippen LogP contribution >= 0.6 is 31.9 Å². The highest BCUT2D eigenvalue weighted by Gasteiger charge is 2.12. The molecule has 0 saturated carbocycles. The predicted octanol–water partition coefficient (Wildman–Crippen LogP) is 6.05. The van der Waals surface area contributed by atoms with Crippen LogP contribution in [0.3, 0.4) is 0 Å². The Morgan fingerprint density at radius 3 is 2.73 bits per heavy atom. The Bertz CT molecular complexity index is 1230. The molecule has 0 aliphatic carbocycles. The summed E-state index contributed by atoms with van der Waals surface area (Å²) in [6.45, 7) is 3.85. The molecule has 0 saturated heterocycles. The average molecular weight is 531 g/mol. The van der Waals surface area contributed by atoms with E-state index < -0.39 is 0 Å². The molecule has 8 heteroatoms. The molecule has 152 valence electrons. The van der Waals surface area contributed by atoms with E-state index in [2.05, 4.69) is 47.1 Å². The lowest BCUT2D eigenvalue weighted by molar-refractivity contribution is -0.118. The first-order chi connectivity index (χ1) is 14.4. The van der Waals surface area contributed by atoms with E-state index in [1.54, 1.807) is 30.6 Å². The van der Waals surface area contributed by atoms with Gasteiger partial charge in [-0.05, 0) is 87.2 Å². The topological polar surface area (TPSA) is 77.2 Å². The number of halogens is 2. The summed E-state index contributed by atoms with van der Waals surface area (Å²) in [6, 6.07) is 11.1. The van der Waals surface area contributed by atoms with Crippen molar-refractivity contribution in [3.05, 3.63) is 68.9 Å². The summed E-state index contributed by atoms with van der Waals surface area (Å²) in [5.74, 6) is 0.862. The van der Waals surface area contributed by atoms with Gasteiger partial charge in [0, 0.05) is 22.6 Å². The molecular weight excluding hydrogens is 514 g/mol. The van der Waals surface area contributed by atoms with E-state index >= 15 is 0 Å². The number of carbonyl (C=O) groups excluding carboxylic acids is 1. The van der Waals surface area contributed by atoms with Crippen LogP contribution in [-0.2, 0) is 4.79 Å².